The predicted molar refractivity (Wildman–Crippen MR) is 112 cm³/mol. The summed E-state index contributed by atoms with van der Waals surface area (Å²) in [6.07, 6.45) is 2.40. The second-order valence-corrected chi connectivity index (χ2v) is 11.3. The van der Waals surface area contributed by atoms with Gasteiger partial charge >= 0.3 is 0 Å². The number of benzene rings is 3. The van der Waals surface area contributed by atoms with E-state index in [-0.39, 0.29) is 5.82 Å². The van der Waals surface area contributed by atoms with Crippen LogP contribution >= 0.6 is 11.1 Å². The molecule has 3 aromatic rings. The van der Waals surface area contributed by atoms with E-state index in [1.807, 2.05) is 18.2 Å². The Labute approximate surface area is 161 Å². The molecule has 0 N–H and O–H groups in total. The first-order valence-electron chi connectivity index (χ1n) is 9.30. The minimum atomic E-state index is -0.962. The van der Waals surface area contributed by atoms with Crippen LogP contribution in [0.25, 0.3) is 22.3 Å². The lowest BCUT2D eigenvalue weighted by Gasteiger charge is -2.25. The second-order valence-electron chi connectivity index (χ2n) is 7.13. The van der Waals surface area contributed by atoms with Crippen molar-refractivity contribution in [1.29, 1.82) is 0 Å². The molecule has 1 aliphatic heterocycles. The molecule has 0 aliphatic carbocycles. The molecule has 132 valence electrons. The van der Waals surface area contributed by atoms with Gasteiger partial charge < -0.3 is 0 Å². The molecule has 3 aromatic carbocycles. The summed E-state index contributed by atoms with van der Waals surface area (Å²) in [5.41, 5.74) is 6.02. The van der Waals surface area contributed by atoms with Gasteiger partial charge in [-0.05, 0) is 70.8 Å². The van der Waals surface area contributed by atoms with Crippen LogP contribution in [0.3, 0.4) is 0 Å². The van der Waals surface area contributed by atoms with E-state index < -0.39 is 8.11 Å². The zero-order valence-corrected chi connectivity index (χ0v) is 16.6. The van der Waals surface area contributed by atoms with Crippen LogP contribution in [0.1, 0.15) is 24.3 Å². The van der Waals surface area contributed by atoms with Gasteiger partial charge in [-0.25, -0.2) is 4.39 Å². The van der Waals surface area contributed by atoms with Crippen molar-refractivity contribution in [3.63, 3.8) is 0 Å². The molecule has 4 rings (SSSR count). The van der Waals surface area contributed by atoms with Crippen LogP contribution in [0.4, 0.5) is 4.39 Å². The highest BCUT2D eigenvalue weighted by Crippen LogP contribution is 2.39. The van der Waals surface area contributed by atoms with E-state index in [9.17, 15) is 4.39 Å². The number of hydrogen-bond donors (Lipinski definition) is 0. The van der Waals surface area contributed by atoms with Crippen LogP contribution in [0.5, 0.6) is 0 Å². The van der Waals surface area contributed by atoms with Crippen molar-refractivity contribution in [2.75, 3.05) is 0 Å². The predicted octanol–water partition coefficient (Wildman–Crippen LogP) is 7.00. The Balaban J connectivity index is 1.78. The lowest BCUT2D eigenvalue weighted by atomic mass is 9.87. The SMILES string of the molecule is Fc1ccc(-c2cc(C3CC[SiH](Cl)CC3)ccc2-c2ccccc2)cc1. The molecule has 26 heavy (non-hydrogen) atoms. The molecule has 0 atom stereocenters. The molecular formula is C23H22ClFSi. The second kappa shape index (κ2) is 7.77. The molecule has 0 unspecified atom stereocenters. The summed E-state index contributed by atoms with van der Waals surface area (Å²) in [7, 11) is -0.962. The van der Waals surface area contributed by atoms with Crippen LogP contribution in [-0.2, 0) is 0 Å². The standard InChI is InChI=1S/C23H22ClFSi/c24-26-14-12-17(13-15-26)20-8-11-22(18-4-2-1-3-5-18)23(16-20)19-6-9-21(25)10-7-19/h1-11,16-17,26H,12-15H2. The zero-order chi connectivity index (χ0) is 17.9. The van der Waals surface area contributed by atoms with Crippen LogP contribution in [0, 0.1) is 5.82 Å². The first-order chi connectivity index (χ1) is 12.7. The van der Waals surface area contributed by atoms with Crippen molar-refractivity contribution in [2.45, 2.75) is 30.8 Å². The maximum atomic E-state index is 13.4. The number of halogens is 2. The molecule has 1 heterocycles. The van der Waals surface area contributed by atoms with Crippen molar-refractivity contribution in [2.24, 2.45) is 0 Å². The third-order valence-electron chi connectivity index (χ3n) is 5.41. The van der Waals surface area contributed by atoms with E-state index in [0.29, 0.717) is 5.92 Å². The molecule has 1 saturated heterocycles. The maximum Gasteiger partial charge on any atom is 0.141 e. The zero-order valence-electron chi connectivity index (χ0n) is 14.7. The average Bonchev–Trinajstić information content (AvgIpc) is 2.69. The van der Waals surface area contributed by atoms with E-state index >= 15 is 0 Å². The summed E-state index contributed by atoms with van der Waals surface area (Å²) in [5.74, 6) is 0.401. The normalized spacial score (nSPS) is 20.1. The first kappa shape index (κ1) is 17.5. The molecular weight excluding hydrogens is 359 g/mol. The molecule has 1 aliphatic rings. The third-order valence-corrected chi connectivity index (χ3v) is 8.64. The summed E-state index contributed by atoms with van der Waals surface area (Å²) in [5, 5.41) is 0. The van der Waals surface area contributed by atoms with Crippen molar-refractivity contribution in [1.82, 2.24) is 0 Å². The van der Waals surface area contributed by atoms with Gasteiger partial charge in [-0.3, -0.25) is 0 Å². The van der Waals surface area contributed by atoms with E-state index in [0.717, 1.165) is 5.56 Å². The minimum absolute atomic E-state index is 0.198. The van der Waals surface area contributed by atoms with Crippen molar-refractivity contribution >= 4 is 19.2 Å². The Morgan fingerprint density at radius 3 is 2.12 bits per heavy atom. The van der Waals surface area contributed by atoms with Crippen LogP contribution < -0.4 is 0 Å². The molecule has 1 fully saturated rings. The van der Waals surface area contributed by atoms with Gasteiger partial charge in [-0.15, -0.1) is 0 Å². The van der Waals surface area contributed by atoms with Crippen LogP contribution in [0.2, 0.25) is 12.1 Å². The Morgan fingerprint density at radius 2 is 1.42 bits per heavy atom. The topological polar surface area (TPSA) is 0 Å². The molecule has 0 radical (unpaired) electrons. The lowest BCUT2D eigenvalue weighted by molar-refractivity contribution is 0.613. The van der Waals surface area contributed by atoms with Gasteiger partial charge in [-0.2, -0.15) is 11.1 Å². The molecule has 0 saturated carbocycles. The van der Waals surface area contributed by atoms with E-state index in [4.69, 9.17) is 11.1 Å². The fourth-order valence-electron chi connectivity index (χ4n) is 3.94. The monoisotopic (exact) mass is 380 g/mol. The fourth-order valence-corrected chi connectivity index (χ4v) is 6.51. The smallest absolute Gasteiger partial charge is 0.141 e. The highest BCUT2D eigenvalue weighted by Gasteiger charge is 2.23. The van der Waals surface area contributed by atoms with Crippen LogP contribution in [0.15, 0.2) is 72.8 Å². The number of rotatable bonds is 3. The summed E-state index contributed by atoms with van der Waals surface area (Å²) in [6, 6.07) is 26.5. The fraction of sp³-hybridized carbons (Fsp3) is 0.217. The minimum Gasteiger partial charge on any atom is -0.207 e. The lowest BCUT2D eigenvalue weighted by Crippen LogP contribution is -2.15. The summed E-state index contributed by atoms with van der Waals surface area (Å²) >= 11 is 6.42. The summed E-state index contributed by atoms with van der Waals surface area (Å²) in [4.78, 5) is 0. The van der Waals surface area contributed by atoms with Crippen molar-refractivity contribution in [3.05, 3.63) is 84.2 Å². The van der Waals surface area contributed by atoms with Gasteiger partial charge in [0.05, 0.1) is 0 Å². The van der Waals surface area contributed by atoms with Gasteiger partial charge in [-0.1, -0.05) is 60.7 Å². The van der Waals surface area contributed by atoms with Gasteiger partial charge in [0.25, 0.3) is 0 Å². The highest BCUT2D eigenvalue weighted by atomic mass is 35.6. The number of hydrogen-bond acceptors (Lipinski definition) is 0. The molecule has 0 bridgehead atoms. The van der Waals surface area contributed by atoms with E-state index in [2.05, 4.69) is 42.5 Å². The van der Waals surface area contributed by atoms with Crippen molar-refractivity contribution < 1.29 is 4.39 Å². The Hall–Kier alpha value is -1.90. The molecule has 0 spiro atoms. The Bertz CT molecular complexity index is 868. The quantitative estimate of drug-likeness (QED) is 0.339. The Kier molecular flexibility index (Phi) is 5.23. The van der Waals surface area contributed by atoms with Crippen molar-refractivity contribution in [3.8, 4) is 22.3 Å². The van der Waals surface area contributed by atoms with Gasteiger partial charge in [0.1, 0.15) is 13.9 Å². The largest absolute Gasteiger partial charge is 0.207 e. The van der Waals surface area contributed by atoms with E-state index in [1.54, 1.807) is 12.1 Å². The summed E-state index contributed by atoms with van der Waals surface area (Å²) < 4.78 is 13.4. The highest BCUT2D eigenvalue weighted by molar-refractivity contribution is 7.07. The average molecular weight is 381 g/mol. The van der Waals surface area contributed by atoms with Crippen LogP contribution in [-0.4, -0.2) is 8.11 Å². The van der Waals surface area contributed by atoms with E-state index in [1.165, 1.54) is 47.2 Å². The third kappa shape index (κ3) is 3.77. The first-order valence-corrected chi connectivity index (χ1v) is 12.7. The summed E-state index contributed by atoms with van der Waals surface area (Å²) in [6.45, 7) is 0. The van der Waals surface area contributed by atoms with Gasteiger partial charge in [0.2, 0.25) is 0 Å². The molecule has 0 aromatic heterocycles. The molecule has 0 amide bonds. The van der Waals surface area contributed by atoms with Gasteiger partial charge in [0.15, 0.2) is 0 Å². The molecule has 0 nitrogen and oxygen atoms in total. The van der Waals surface area contributed by atoms with Gasteiger partial charge in [0, 0.05) is 0 Å². The molecule has 3 heteroatoms. The maximum absolute atomic E-state index is 13.4. The Morgan fingerprint density at radius 1 is 0.769 bits per heavy atom.